The van der Waals surface area contributed by atoms with Gasteiger partial charge in [-0.15, -0.1) is 0 Å². The van der Waals surface area contributed by atoms with Crippen molar-refractivity contribution in [3.05, 3.63) is 35.9 Å². The molecule has 1 N–H and O–H groups in total. The van der Waals surface area contributed by atoms with Gasteiger partial charge in [0.2, 0.25) is 5.82 Å². The van der Waals surface area contributed by atoms with E-state index in [0.29, 0.717) is 5.52 Å². The van der Waals surface area contributed by atoms with Crippen molar-refractivity contribution in [3.63, 3.8) is 0 Å². The highest BCUT2D eigenvalue weighted by atomic mass is 16.4. The number of hydrogen-bond donors (Lipinski definition) is 1. The van der Waals surface area contributed by atoms with E-state index < -0.39 is 5.97 Å². The topological polar surface area (TPSA) is 74.9 Å². The van der Waals surface area contributed by atoms with Crippen LogP contribution in [0.4, 0.5) is 0 Å². The van der Waals surface area contributed by atoms with Crippen LogP contribution >= 0.6 is 0 Å². The molecule has 0 atom stereocenters. The third-order valence-electron chi connectivity index (χ3n) is 2.35. The molecule has 88 valence electrons. The highest BCUT2D eigenvalue weighted by Gasteiger charge is 2.21. The number of hydrogen-bond acceptors (Lipinski definition) is 3. The number of amides is 1. The fourth-order valence-corrected chi connectivity index (χ4v) is 1.55. The molecule has 2 aromatic rings. The Morgan fingerprint density at radius 3 is 2.65 bits per heavy atom. The second-order valence-electron chi connectivity index (χ2n) is 3.74. The van der Waals surface area contributed by atoms with E-state index in [1.807, 2.05) is 0 Å². The first-order valence-electron chi connectivity index (χ1n) is 4.94. The van der Waals surface area contributed by atoms with Gasteiger partial charge in [0.05, 0.1) is 5.52 Å². The molecule has 1 amide bonds. The maximum Gasteiger partial charge on any atom is 0.356 e. The Balaban J connectivity index is 2.73. The number of imidazole rings is 1. The number of aromatic nitrogens is 2. The van der Waals surface area contributed by atoms with Crippen LogP contribution in [0.5, 0.6) is 0 Å². The van der Waals surface area contributed by atoms with Gasteiger partial charge in [0.25, 0.3) is 5.91 Å². The van der Waals surface area contributed by atoms with Crippen LogP contribution in [0.3, 0.4) is 0 Å². The summed E-state index contributed by atoms with van der Waals surface area (Å²) in [6.07, 6.45) is 1.62. The molecule has 0 bridgehead atoms. The van der Waals surface area contributed by atoms with Gasteiger partial charge in [0.15, 0.2) is 5.69 Å². The van der Waals surface area contributed by atoms with Crippen LogP contribution in [0, 0.1) is 0 Å². The zero-order valence-electron chi connectivity index (χ0n) is 9.41. The number of pyridine rings is 1. The molecule has 0 aromatic carbocycles. The average Bonchev–Trinajstić information content (AvgIpc) is 2.67. The normalized spacial score (nSPS) is 10.5. The molecule has 0 unspecified atom stereocenters. The summed E-state index contributed by atoms with van der Waals surface area (Å²) in [5.74, 6) is -1.38. The van der Waals surface area contributed by atoms with Crippen LogP contribution in [-0.4, -0.2) is 45.4 Å². The first-order valence-corrected chi connectivity index (χ1v) is 4.94. The summed E-state index contributed by atoms with van der Waals surface area (Å²) in [7, 11) is 3.18. The van der Waals surface area contributed by atoms with Gasteiger partial charge < -0.3 is 10.0 Å². The molecule has 17 heavy (non-hydrogen) atoms. The van der Waals surface area contributed by atoms with E-state index in [-0.39, 0.29) is 17.4 Å². The molecule has 0 aliphatic heterocycles. The Kier molecular flexibility index (Phi) is 2.55. The van der Waals surface area contributed by atoms with Crippen molar-refractivity contribution >= 4 is 17.4 Å². The summed E-state index contributed by atoms with van der Waals surface area (Å²) >= 11 is 0. The molecule has 0 saturated heterocycles. The van der Waals surface area contributed by atoms with Crippen molar-refractivity contribution < 1.29 is 14.7 Å². The van der Waals surface area contributed by atoms with E-state index in [4.69, 9.17) is 5.11 Å². The summed E-state index contributed by atoms with van der Waals surface area (Å²) in [4.78, 5) is 28.1. The third kappa shape index (κ3) is 1.73. The van der Waals surface area contributed by atoms with Gasteiger partial charge in [-0.3, -0.25) is 9.20 Å². The molecule has 2 rings (SSSR count). The van der Waals surface area contributed by atoms with Crippen LogP contribution in [0.15, 0.2) is 24.4 Å². The second-order valence-corrected chi connectivity index (χ2v) is 3.74. The lowest BCUT2D eigenvalue weighted by Gasteiger charge is -2.08. The van der Waals surface area contributed by atoms with Crippen LogP contribution in [0.1, 0.15) is 21.1 Å². The van der Waals surface area contributed by atoms with Crippen LogP contribution in [-0.2, 0) is 0 Å². The van der Waals surface area contributed by atoms with Crippen molar-refractivity contribution in [1.29, 1.82) is 0 Å². The van der Waals surface area contributed by atoms with E-state index in [1.54, 1.807) is 38.5 Å². The lowest BCUT2D eigenvalue weighted by Crippen LogP contribution is -2.24. The van der Waals surface area contributed by atoms with E-state index in [0.717, 1.165) is 0 Å². The number of carboxylic acid groups (broad SMARTS) is 1. The fourth-order valence-electron chi connectivity index (χ4n) is 1.55. The Morgan fingerprint density at radius 2 is 2.06 bits per heavy atom. The van der Waals surface area contributed by atoms with Crippen molar-refractivity contribution in [2.75, 3.05) is 14.1 Å². The fraction of sp³-hybridized carbons (Fsp3) is 0.182. The molecule has 0 aliphatic rings. The molecule has 0 saturated carbocycles. The van der Waals surface area contributed by atoms with E-state index >= 15 is 0 Å². The maximum atomic E-state index is 11.8. The summed E-state index contributed by atoms with van der Waals surface area (Å²) in [5, 5.41) is 9.02. The lowest BCUT2D eigenvalue weighted by atomic mass is 10.3. The highest BCUT2D eigenvalue weighted by molar-refractivity contribution is 5.98. The number of carboxylic acids is 1. The van der Waals surface area contributed by atoms with Gasteiger partial charge in [-0.1, -0.05) is 6.07 Å². The molecule has 6 nitrogen and oxygen atoms in total. The molecule has 0 radical (unpaired) electrons. The lowest BCUT2D eigenvalue weighted by molar-refractivity contribution is 0.0693. The summed E-state index contributed by atoms with van der Waals surface area (Å²) in [5.41, 5.74) is 0.293. The minimum absolute atomic E-state index is 0.100. The predicted octanol–water partition coefficient (Wildman–Crippen LogP) is 0.734. The molecule has 2 heterocycles. The number of fused-ring (bicyclic) bond motifs is 1. The molecular formula is C11H11N3O3. The number of aromatic carboxylic acids is 1. The summed E-state index contributed by atoms with van der Waals surface area (Å²) in [6, 6.07) is 5.03. The molecule has 2 aromatic heterocycles. The van der Waals surface area contributed by atoms with Gasteiger partial charge in [-0.25, -0.2) is 9.78 Å². The number of nitrogens with zero attached hydrogens (tertiary/aromatic N) is 3. The molecular weight excluding hydrogens is 222 g/mol. The zero-order valence-corrected chi connectivity index (χ0v) is 9.41. The summed E-state index contributed by atoms with van der Waals surface area (Å²) in [6.45, 7) is 0. The van der Waals surface area contributed by atoms with Gasteiger partial charge in [0.1, 0.15) is 0 Å². The smallest absolute Gasteiger partial charge is 0.356 e. The van der Waals surface area contributed by atoms with Crippen molar-refractivity contribution in [2.24, 2.45) is 0 Å². The van der Waals surface area contributed by atoms with Gasteiger partial charge in [-0.2, -0.15) is 0 Å². The molecule has 6 heteroatoms. The third-order valence-corrected chi connectivity index (χ3v) is 2.35. The Morgan fingerprint density at radius 1 is 1.35 bits per heavy atom. The zero-order chi connectivity index (χ0) is 12.6. The quantitative estimate of drug-likeness (QED) is 0.829. The number of rotatable bonds is 2. The van der Waals surface area contributed by atoms with Crippen molar-refractivity contribution in [3.8, 4) is 0 Å². The maximum absolute atomic E-state index is 11.8. The molecule has 0 spiro atoms. The Hall–Kier alpha value is -2.37. The SMILES string of the molecule is CN(C)C(=O)c1nc(C(=O)O)c2ccccn12. The first kappa shape index (κ1) is 11.1. The monoisotopic (exact) mass is 233 g/mol. The van der Waals surface area contributed by atoms with Gasteiger partial charge in [-0.05, 0) is 12.1 Å². The van der Waals surface area contributed by atoms with Crippen molar-refractivity contribution in [2.45, 2.75) is 0 Å². The number of carbonyl (C=O) groups is 2. The minimum atomic E-state index is -1.15. The van der Waals surface area contributed by atoms with Gasteiger partial charge >= 0.3 is 5.97 Å². The predicted molar refractivity (Wildman–Crippen MR) is 60.2 cm³/mol. The number of carbonyl (C=O) groups excluding carboxylic acids is 1. The Labute approximate surface area is 97.1 Å². The van der Waals surface area contributed by atoms with Crippen molar-refractivity contribution in [1.82, 2.24) is 14.3 Å². The Bertz CT molecular complexity index is 601. The standard InChI is InChI=1S/C11H11N3O3/c1-13(2)10(15)9-12-8(11(16)17)7-5-3-4-6-14(7)9/h3-6H,1-2H3,(H,16,17). The van der Waals surface area contributed by atoms with Crippen LogP contribution in [0.25, 0.3) is 5.52 Å². The summed E-state index contributed by atoms with van der Waals surface area (Å²) < 4.78 is 1.48. The van der Waals surface area contributed by atoms with E-state index in [1.165, 1.54) is 9.30 Å². The second kappa shape index (κ2) is 3.89. The van der Waals surface area contributed by atoms with E-state index in [2.05, 4.69) is 4.98 Å². The average molecular weight is 233 g/mol. The largest absolute Gasteiger partial charge is 0.476 e. The van der Waals surface area contributed by atoms with Gasteiger partial charge in [0, 0.05) is 20.3 Å². The minimum Gasteiger partial charge on any atom is -0.476 e. The van der Waals surface area contributed by atoms with Crippen LogP contribution < -0.4 is 0 Å². The van der Waals surface area contributed by atoms with E-state index in [9.17, 15) is 9.59 Å². The highest BCUT2D eigenvalue weighted by Crippen LogP contribution is 2.14. The molecule has 0 aliphatic carbocycles. The first-order chi connectivity index (χ1) is 8.02. The molecule has 0 fully saturated rings. The van der Waals surface area contributed by atoms with Crippen LogP contribution in [0.2, 0.25) is 0 Å².